The van der Waals surface area contributed by atoms with Crippen molar-refractivity contribution in [1.82, 2.24) is 25.7 Å². The number of urea groups is 1. The zero-order chi connectivity index (χ0) is 36.6. The Labute approximate surface area is 293 Å². The number of hydrogen-bond donors (Lipinski definition) is 6. The molecule has 0 saturated carbocycles. The quantitative estimate of drug-likeness (QED) is 0.0612. The van der Waals surface area contributed by atoms with Gasteiger partial charge in [0.1, 0.15) is 17.0 Å². The highest BCUT2D eigenvalue weighted by Crippen LogP contribution is 2.41. The zero-order valence-electron chi connectivity index (χ0n) is 29.7. The Morgan fingerprint density at radius 2 is 1.26 bits per heavy atom. The number of anilines is 2. The molecule has 13 heteroatoms. The molecular weight excluding hydrogens is 636 g/mol. The molecule has 0 spiro atoms. The minimum Gasteiger partial charge on any atom is -0.392 e. The van der Waals surface area contributed by atoms with E-state index in [0.29, 0.717) is 11.5 Å². The third-order valence-corrected chi connectivity index (χ3v) is 7.83. The first-order chi connectivity index (χ1) is 23.6. The van der Waals surface area contributed by atoms with Crippen molar-refractivity contribution in [2.45, 2.75) is 58.5 Å². The number of alkyl carbamates (subject to hydrolysis) is 1. The summed E-state index contributed by atoms with van der Waals surface area (Å²) in [6.07, 6.45) is -0.393. The molecule has 0 bridgehead atoms. The Morgan fingerprint density at radius 3 is 1.70 bits per heavy atom. The fraction of sp³-hybridized carbons (Fsp3) is 0.351. The van der Waals surface area contributed by atoms with Gasteiger partial charge in [-0.3, -0.25) is 4.68 Å². The van der Waals surface area contributed by atoms with Gasteiger partial charge in [-0.25, -0.2) is 19.7 Å². The van der Waals surface area contributed by atoms with E-state index in [4.69, 9.17) is 15.2 Å². The first-order valence-electron chi connectivity index (χ1n) is 16.3. The van der Waals surface area contributed by atoms with Crippen LogP contribution in [-0.4, -0.2) is 52.5 Å². The molecule has 1 atom stereocenters. The topological polar surface area (TPSA) is 174 Å². The highest BCUT2D eigenvalue weighted by molar-refractivity contribution is 5.92. The lowest BCUT2D eigenvalue weighted by atomic mass is 9.77. The molecule has 0 radical (unpaired) electrons. The minimum atomic E-state index is -1.94. The molecule has 0 aliphatic heterocycles. The van der Waals surface area contributed by atoms with Gasteiger partial charge in [0.25, 0.3) is 0 Å². The van der Waals surface area contributed by atoms with Crippen LogP contribution in [0.25, 0.3) is 0 Å². The number of aromatic nitrogens is 2. The van der Waals surface area contributed by atoms with Crippen molar-refractivity contribution in [2.75, 3.05) is 23.7 Å². The lowest BCUT2D eigenvalue weighted by Gasteiger charge is -2.42. The fourth-order valence-electron chi connectivity index (χ4n) is 5.47. The number of nitrogens with one attached hydrogen (secondary N) is 5. The van der Waals surface area contributed by atoms with Gasteiger partial charge in [-0.1, -0.05) is 112 Å². The number of carbonyl (C=O) groups is 3. The van der Waals surface area contributed by atoms with Gasteiger partial charge in [0.05, 0.1) is 11.6 Å². The van der Waals surface area contributed by atoms with E-state index < -0.39 is 40.6 Å². The van der Waals surface area contributed by atoms with Crippen molar-refractivity contribution in [3.05, 3.63) is 114 Å². The number of primary amides is 1. The molecule has 7 N–H and O–H groups in total. The van der Waals surface area contributed by atoms with Crippen LogP contribution in [0.15, 0.2) is 97.2 Å². The second-order valence-corrected chi connectivity index (χ2v) is 13.9. The SMILES string of the molecule is Cn1ncc(NC(=O)NCCNC(OC(N)=O)(OC(=O)NC(C)(C)C)C(C)(C)C)c1NC(c1ccccc1)(c1ccccc1)c1ccccc1. The molecule has 4 aromatic rings. The summed E-state index contributed by atoms with van der Waals surface area (Å²) in [7, 11) is 1.79. The van der Waals surface area contributed by atoms with Gasteiger partial charge in [0, 0.05) is 25.7 Å². The minimum absolute atomic E-state index is 0.0397. The van der Waals surface area contributed by atoms with Crippen molar-refractivity contribution in [3.63, 3.8) is 0 Å². The lowest BCUT2D eigenvalue weighted by molar-refractivity contribution is -0.243. The van der Waals surface area contributed by atoms with E-state index in [1.54, 1.807) is 59.5 Å². The predicted octanol–water partition coefficient (Wildman–Crippen LogP) is 5.86. The standard InChI is InChI=1S/C37H48N8O5/c1-34(2,3)37(49-31(38)46,50-33(48)44-35(4,5)6)40-24-23-39-32(47)42-29-25-41-45(7)30(29)43-36(26-17-11-8-12-18-26,27-19-13-9-14-20-27)28-21-15-10-16-22-28/h8-22,25,40,43H,23-24H2,1-7H3,(H2,38,46)(H,44,48)(H2,39,42,47). The van der Waals surface area contributed by atoms with Gasteiger partial charge in [-0.05, 0) is 37.5 Å². The summed E-state index contributed by atoms with van der Waals surface area (Å²) >= 11 is 0. The number of rotatable bonds is 12. The third-order valence-electron chi connectivity index (χ3n) is 7.83. The summed E-state index contributed by atoms with van der Waals surface area (Å²) in [5.41, 5.74) is 6.34. The summed E-state index contributed by atoms with van der Waals surface area (Å²) in [5, 5.41) is 19.5. The van der Waals surface area contributed by atoms with E-state index in [9.17, 15) is 14.4 Å². The number of amides is 4. The summed E-state index contributed by atoms with van der Waals surface area (Å²) in [5.74, 6) is -1.38. The third kappa shape index (κ3) is 8.91. The van der Waals surface area contributed by atoms with E-state index >= 15 is 0 Å². The van der Waals surface area contributed by atoms with Crippen LogP contribution < -0.4 is 32.3 Å². The van der Waals surface area contributed by atoms with Crippen LogP contribution in [0.5, 0.6) is 0 Å². The van der Waals surface area contributed by atoms with E-state index in [0.717, 1.165) is 16.7 Å². The molecule has 0 saturated heterocycles. The Balaban J connectivity index is 1.55. The average molecular weight is 685 g/mol. The maximum atomic E-state index is 13.3. The Morgan fingerprint density at radius 1 is 0.760 bits per heavy atom. The van der Waals surface area contributed by atoms with E-state index in [2.05, 4.69) is 68.1 Å². The molecule has 266 valence electrons. The van der Waals surface area contributed by atoms with Crippen molar-refractivity contribution in [2.24, 2.45) is 18.2 Å². The van der Waals surface area contributed by atoms with Gasteiger partial charge < -0.3 is 36.5 Å². The Hall–Kier alpha value is -5.56. The van der Waals surface area contributed by atoms with Gasteiger partial charge in [-0.2, -0.15) is 5.10 Å². The van der Waals surface area contributed by atoms with Crippen LogP contribution in [-0.2, 0) is 22.1 Å². The van der Waals surface area contributed by atoms with Crippen LogP contribution in [0.4, 0.5) is 25.9 Å². The monoisotopic (exact) mass is 684 g/mol. The first-order valence-corrected chi connectivity index (χ1v) is 16.3. The molecule has 50 heavy (non-hydrogen) atoms. The number of ether oxygens (including phenoxy) is 2. The van der Waals surface area contributed by atoms with Crippen molar-refractivity contribution >= 4 is 29.7 Å². The highest BCUT2D eigenvalue weighted by Gasteiger charge is 2.50. The molecule has 4 rings (SSSR count). The second-order valence-electron chi connectivity index (χ2n) is 13.9. The number of nitrogens with two attached hydrogens (primary N) is 1. The van der Waals surface area contributed by atoms with Crippen molar-refractivity contribution < 1.29 is 23.9 Å². The van der Waals surface area contributed by atoms with Gasteiger partial charge in [-0.15, -0.1) is 0 Å². The molecule has 0 fully saturated rings. The summed E-state index contributed by atoms with van der Waals surface area (Å²) in [6.45, 7) is 10.6. The Kier molecular flexibility index (Phi) is 11.4. The number of hydrogen-bond acceptors (Lipinski definition) is 8. The zero-order valence-corrected chi connectivity index (χ0v) is 29.7. The molecule has 0 aliphatic carbocycles. The van der Waals surface area contributed by atoms with E-state index in [-0.39, 0.29) is 13.1 Å². The largest absolute Gasteiger partial charge is 0.411 e. The summed E-state index contributed by atoms with van der Waals surface area (Å²) in [6, 6.07) is 29.7. The van der Waals surface area contributed by atoms with Crippen LogP contribution in [0.1, 0.15) is 58.2 Å². The van der Waals surface area contributed by atoms with Gasteiger partial charge >= 0.3 is 24.1 Å². The van der Waals surface area contributed by atoms with Crippen molar-refractivity contribution in [1.29, 1.82) is 0 Å². The van der Waals surface area contributed by atoms with Gasteiger partial charge in [0.2, 0.25) is 0 Å². The summed E-state index contributed by atoms with van der Waals surface area (Å²) in [4.78, 5) is 38.0. The van der Waals surface area contributed by atoms with Crippen LogP contribution in [0.3, 0.4) is 0 Å². The molecule has 13 nitrogen and oxygen atoms in total. The number of nitrogens with zero attached hydrogens (tertiary/aromatic N) is 2. The normalized spacial score (nSPS) is 13.0. The number of carbonyl (C=O) groups excluding carboxylic acids is 3. The van der Waals surface area contributed by atoms with Crippen LogP contribution in [0.2, 0.25) is 0 Å². The number of benzene rings is 3. The average Bonchev–Trinajstić information content (AvgIpc) is 3.38. The maximum absolute atomic E-state index is 13.3. The molecule has 1 unspecified atom stereocenters. The second kappa shape index (κ2) is 15.3. The molecule has 1 heterocycles. The molecule has 3 aromatic carbocycles. The Bertz CT molecular complexity index is 1640. The number of aryl methyl sites for hydroxylation is 1. The molecule has 1 aromatic heterocycles. The molecule has 4 amide bonds. The van der Waals surface area contributed by atoms with E-state index in [1.165, 1.54) is 0 Å². The highest BCUT2D eigenvalue weighted by atomic mass is 16.8. The maximum Gasteiger partial charge on any atom is 0.411 e. The molecular formula is C37H48N8O5. The van der Waals surface area contributed by atoms with Crippen LogP contribution >= 0.6 is 0 Å². The van der Waals surface area contributed by atoms with Gasteiger partial charge in [0.15, 0.2) is 0 Å². The summed E-state index contributed by atoms with van der Waals surface area (Å²) < 4.78 is 12.7. The van der Waals surface area contributed by atoms with Crippen molar-refractivity contribution in [3.8, 4) is 0 Å². The van der Waals surface area contributed by atoms with E-state index in [1.807, 2.05) is 54.6 Å². The first kappa shape index (κ1) is 37.3. The smallest absolute Gasteiger partial charge is 0.392 e. The predicted molar refractivity (Wildman–Crippen MR) is 193 cm³/mol. The lowest BCUT2D eigenvalue weighted by Crippen LogP contribution is -2.63. The fourth-order valence-corrected chi connectivity index (χ4v) is 5.47. The molecule has 0 aliphatic rings. The van der Waals surface area contributed by atoms with Crippen LogP contribution in [0, 0.1) is 5.41 Å².